The lowest BCUT2D eigenvalue weighted by Gasteiger charge is -2.42. The number of anilines is 2. The van der Waals surface area contributed by atoms with Gasteiger partial charge in [0.25, 0.3) is 5.91 Å². The van der Waals surface area contributed by atoms with Crippen molar-refractivity contribution in [2.75, 3.05) is 55.7 Å². The molecule has 236 valence electrons. The van der Waals surface area contributed by atoms with Crippen LogP contribution in [0.25, 0.3) is 10.1 Å². The summed E-state index contributed by atoms with van der Waals surface area (Å²) in [6, 6.07) is 9.17. The van der Waals surface area contributed by atoms with E-state index in [1.165, 1.54) is 4.90 Å². The molecule has 6 heterocycles. The predicted octanol–water partition coefficient (Wildman–Crippen LogP) is 4.76. The van der Waals surface area contributed by atoms with Gasteiger partial charge >= 0.3 is 6.01 Å². The Labute approximate surface area is 263 Å². The Kier molecular flexibility index (Phi) is 7.81. The first-order valence-electron chi connectivity index (χ1n) is 15.4. The Balaban J connectivity index is 1.22. The Bertz CT molecular complexity index is 1690. The number of hydrogen-bond donors (Lipinski definition) is 0. The minimum absolute atomic E-state index is 0.0316. The van der Waals surface area contributed by atoms with E-state index in [-0.39, 0.29) is 42.8 Å². The quantitative estimate of drug-likeness (QED) is 0.343. The number of fused-ring (bicyclic) bond motifs is 3. The molecule has 3 fully saturated rings. The highest BCUT2D eigenvalue weighted by molar-refractivity contribution is 7.17. The summed E-state index contributed by atoms with van der Waals surface area (Å²) in [5.74, 6) is -1.19. The van der Waals surface area contributed by atoms with Gasteiger partial charge in [-0.1, -0.05) is 12.6 Å². The second-order valence-electron chi connectivity index (χ2n) is 12.4. The molecule has 0 bridgehead atoms. The molecule has 3 saturated heterocycles. The highest BCUT2D eigenvalue weighted by Crippen LogP contribution is 2.41. The molecule has 0 saturated carbocycles. The molecule has 1 unspecified atom stereocenters. The van der Waals surface area contributed by atoms with E-state index >= 15 is 0 Å². The highest BCUT2D eigenvalue weighted by atomic mass is 32.1. The summed E-state index contributed by atoms with van der Waals surface area (Å²) >= 11 is 1.12. The number of thiophene rings is 1. The summed E-state index contributed by atoms with van der Waals surface area (Å²) in [6.45, 7) is 6.67. The van der Waals surface area contributed by atoms with E-state index in [4.69, 9.17) is 14.7 Å². The molecule has 3 aromatic rings. The Morgan fingerprint density at radius 3 is 2.89 bits per heavy atom. The monoisotopic (exact) mass is 637 g/mol. The number of ether oxygens (including phenoxy) is 1. The average molecular weight is 638 g/mol. The molecule has 0 N–H and O–H groups in total. The first-order valence-corrected chi connectivity index (χ1v) is 16.2. The number of rotatable bonds is 7. The van der Waals surface area contributed by atoms with E-state index in [9.17, 15) is 23.2 Å². The number of amides is 1. The van der Waals surface area contributed by atoms with Gasteiger partial charge < -0.3 is 19.4 Å². The molecular formula is C32H34F3N7O2S. The number of nitriles is 1. The zero-order chi connectivity index (χ0) is 31.3. The number of carbonyl (C=O) groups excluding carboxylic acids is 1. The summed E-state index contributed by atoms with van der Waals surface area (Å²) in [5.41, 5.74) is 2.27. The fraction of sp³-hybridized carbons (Fsp3) is 0.500. The maximum Gasteiger partial charge on any atom is 0.318 e. The van der Waals surface area contributed by atoms with Crippen LogP contribution in [0.5, 0.6) is 6.01 Å². The molecule has 4 aliphatic rings. The fourth-order valence-corrected chi connectivity index (χ4v) is 8.42. The SMILES string of the molecule is C=C(F)C(=O)N1CCN(c2nc(OCC34CCCN3C[C@H](F)C4)nc3c2CCN(c2cccc4sc(F)cc24)C3)C[C@@H]1CC#N. The molecule has 1 amide bonds. The summed E-state index contributed by atoms with van der Waals surface area (Å²) in [6.07, 6.45) is 2.02. The van der Waals surface area contributed by atoms with E-state index in [0.29, 0.717) is 44.8 Å². The molecule has 0 spiro atoms. The zero-order valence-electron chi connectivity index (χ0n) is 24.9. The normalized spacial score (nSPS) is 24.9. The Morgan fingerprint density at radius 2 is 2.07 bits per heavy atom. The van der Waals surface area contributed by atoms with Crippen molar-refractivity contribution in [3.63, 3.8) is 0 Å². The van der Waals surface area contributed by atoms with Crippen LogP contribution in [-0.2, 0) is 17.8 Å². The molecule has 13 heteroatoms. The number of benzene rings is 1. The highest BCUT2D eigenvalue weighted by Gasteiger charge is 2.49. The van der Waals surface area contributed by atoms with Crippen LogP contribution in [0.3, 0.4) is 0 Å². The van der Waals surface area contributed by atoms with Crippen LogP contribution in [-0.4, -0.2) is 89.3 Å². The second kappa shape index (κ2) is 11.8. The van der Waals surface area contributed by atoms with Gasteiger partial charge in [0.15, 0.2) is 11.0 Å². The number of nitrogens with zero attached hydrogens (tertiary/aromatic N) is 7. The van der Waals surface area contributed by atoms with E-state index in [0.717, 1.165) is 57.8 Å². The minimum atomic E-state index is -1.05. The van der Waals surface area contributed by atoms with Crippen LogP contribution in [0, 0.1) is 16.5 Å². The van der Waals surface area contributed by atoms with Crippen molar-refractivity contribution >= 4 is 38.8 Å². The lowest BCUT2D eigenvalue weighted by atomic mass is 9.95. The summed E-state index contributed by atoms with van der Waals surface area (Å²) < 4.78 is 49.7. The largest absolute Gasteiger partial charge is 0.461 e. The molecule has 9 nitrogen and oxygen atoms in total. The molecule has 45 heavy (non-hydrogen) atoms. The first-order chi connectivity index (χ1) is 21.7. The van der Waals surface area contributed by atoms with Gasteiger partial charge in [-0.2, -0.15) is 19.6 Å². The van der Waals surface area contributed by atoms with Crippen LogP contribution in [0.1, 0.15) is 36.9 Å². The maximum absolute atomic E-state index is 14.5. The molecule has 0 radical (unpaired) electrons. The number of alkyl halides is 1. The zero-order valence-corrected chi connectivity index (χ0v) is 25.7. The van der Waals surface area contributed by atoms with Crippen LogP contribution in [0.15, 0.2) is 36.7 Å². The summed E-state index contributed by atoms with van der Waals surface area (Å²) in [7, 11) is 0. The summed E-state index contributed by atoms with van der Waals surface area (Å²) in [4.78, 5) is 30.0. The lowest BCUT2D eigenvalue weighted by molar-refractivity contribution is -0.131. The van der Waals surface area contributed by atoms with E-state index in [1.54, 1.807) is 6.07 Å². The number of carbonyl (C=O) groups is 1. The topological polar surface area (TPSA) is 88.8 Å². The molecular weight excluding hydrogens is 603 g/mol. The average Bonchev–Trinajstić information content (AvgIpc) is 3.69. The molecule has 7 rings (SSSR count). The first kappa shape index (κ1) is 29.8. The van der Waals surface area contributed by atoms with Crippen molar-refractivity contribution in [2.45, 2.75) is 56.4 Å². The van der Waals surface area contributed by atoms with E-state index in [1.807, 2.05) is 23.1 Å². The number of aromatic nitrogens is 2. The van der Waals surface area contributed by atoms with Crippen LogP contribution in [0.4, 0.5) is 24.7 Å². The maximum atomic E-state index is 14.5. The van der Waals surface area contributed by atoms with Gasteiger partial charge in [-0.05, 0) is 44.0 Å². The minimum Gasteiger partial charge on any atom is -0.461 e. The van der Waals surface area contributed by atoms with Crippen molar-refractivity contribution in [3.05, 3.63) is 53.1 Å². The van der Waals surface area contributed by atoms with Gasteiger partial charge in [0.2, 0.25) is 0 Å². The smallest absolute Gasteiger partial charge is 0.318 e. The third-order valence-electron chi connectivity index (χ3n) is 9.70. The van der Waals surface area contributed by atoms with Crippen molar-refractivity contribution in [1.82, 2.24) is 19.8 Å². The van der Waals surface area contributed by atoms with Gasteiger partial charge in [-0.15, -0.1) is 11.3 Å². The van der Waals surface area contributed by atoms with Gasteiger partial charge in [0.05, 0.1) is 36.3 Å². The van der Waals surface area contributed by atoms with Crippen LogP contribution < -0.4 is 14.5 Å². The molecule has 3 atom stereocenters. The molecule has 1 aromatic carbocycles. The summed E-state index contributed by atoms with van der Waals surface area (Å²) in [5, 5.41) is 10.1. The van der Waals surface area contributed by atoms with Gasteiger partial charge in [0, 0.05) is 60.5 Å². The number of halogens is 3. The fourth-order valence-electron chi connectivity index (χ4n) is 7.61. The Morgan fingerprint density at radius 1 is 1.20 bits per heavy atom. The predicted molar refractivity (Wildman–Crippen MR) is 165 cm³/mol. The van der Waals surface area contributed by atoms with Gasteiger partial charge in [0.1, 0.15) is 18.6 Å². The van der Waals surface area contributed by atoms with Gasteiger partial charge in [-0.25, -0.2) is 8.78 Å². The second-order valence-corrected chi connectivity index (χ2v) is 13.4. The van der Waals surface area contributed by atoms with Crippen molar-refractivity contribution < 1.29 is 22.7 Å². The van der Waals surface area contributed by atoms with Crippen molar-refractivity contribution in [3.8, 4) is 12.1 Å². The third kappa shape index (κ3) is 5.48. The standard InChI is InChI=1S/C32H34F3N7O2S/c1-20(33)30(43)42-13-12-40(17-22(42)6-9-36)29-23-7-11-39(26-4-2-5-27-24(26)14-28(35)45-27)18-25(23)37-31(38-29)44-19-32-8-3-10-41(32)16-21(34)15-32/h2,4-5,14,21-22H,1,3,6-8,10-13,15-19H2/t21-,22+,32?/m1/s1. The molecule has 2 aromatic heterocycles. The lowest BCUT2D eigenvalue weighted by Crippen LogP contribution is -2.55. The molecule has 4 aliphatic heterocycles. The van der Waals surface area contributed by atoms with Crippen molar-refractivity contribution in [2.24, 2.45) is 0 Å². The number of piperazine rings is 1. The third-order valence-corrected chi connectivity index (χ3v) is 10.6. The number of hydrogen-bond acceptors (Lipinski definition) is 9. The van der Waals surface area contributed by atoms with Crippen LogP contribution in [0.2, 0.25) is 0 Å². The van der Waals surface area contributed by atoms with Gasteiger partial charge in [-0.3, -0.25) is 9.69 Å². The Hall–Kier alpha value is -3.89. The molecule has 0 aliphatic carbocycles. The van der Waals surface area contributed by atoms with Crippen molar-refractivity contribution in [1.29, 1.82) is 5.26 Å². The van der Waals surface area contributed by atoms with E-state index < -0.39 is 23.9 Å². The van der Waals surface area contributed by atoms with E-state index in [2.05, 4.69) is 22.4 Å². The van der Waals surface area contributed by atoms with Crippen LogP contribution >= 0.6 is 11.3 Å².